The maximum Gasteiger partial charge on any atom is 0.223 e. The highest BCUT2D eigenvalue weighted by Crippen LogP contribution is 2.19. The van der Waals surface area contributed by atoms with Gasteiger partial charge in [-0.15, -0.1) is 0 Å². The molecule has 1 atom stereocenters. The first-order valence-corrected chi connectivity index (χ1v) is 6.98. The number of aliphatic hydroxyl groups is 1. The molecular formula is C15H24N2O3. The van der Waals surface area contributed by atoms with Gasteiger partial charge in [-0.05, 0) is 30.9 Å². The molecule has 4 N–H and O–H groups in total. The molecule has 0 heterocycles. The van der Waals surface area contributed by atoms with Crippen LogP contribution in [0.2, 0.25) is 0 Å². The summed E-state index contributed by atoms with van der Waals surface area (Å²) in [4.78, 5) is 11.6. The van der Waals surface area contributed by atoms with Gasteiger partial charge in [0, 0.05) is 13.2 Å². The number of nitrogen functional groups attached to an aromatic ring is 1. The quantitative estimate of drug-likeness (QED) is 0.473. The first kappa shape index (κ1) is 16.3. The number of para-hydroxylation sites is 2. The SMILES string of the molecule is CC(CO)CCCNC(=O)CCOc1ccccc1N. The number of rotatable bonds is 9. The van der Waals surface area contributed by atoms with Gasteiger partial charge in [-0.25, -0.2) is 0 Å². The molecule has 1 unspecified atom stereocenters. The Hall–Kier alpha value is -1.75. The Morgan fingerprint density at radius 1 is 1.45 bits per heavy atom. The van der Waals surface area contributed by atoms with E-state index in [0.29, 0.717) is 31.0 Å². The molecule has 0 saturated heterocycles. The lowest BCUT2D eigenvalue weighted by Gasteiger charge is -2.10. The standard InChI is InChI=1S/C15H24N2O3/c1-12(11-18)5-4-9-17-15(19)8-10-20-14-7-3-2-6-13(14)16/h2-3,6-7,12,18H,4-5,8-11,16H2,1H3,(H,17,19). The van der Waals surface area contributed by atoms with E-state index in [2.05, 4.69) is 5.32 Å². The van der Waals surface area contributed by atoms with E-state index in [-0.39, 0.29) is 18.4 Å². The molecule has 112 valence electrons. The van der Waals surface area contributed by atoms with Crippen molar-refractivity contribution in [1.82, 2.24) is 5.32 Å². The van der Waals surface area contributed by atoms with E-state index in [0.717, 1.165) is 12.8 Å². The van der Waals surface area contributed by atoms with Gasteiger partial charge in [-0.2, -0.15) is 0 Å². The number of benzene rings is 1. The lowest BCUT2D eigenvalue weighted by Crippen LogP contribution is -2.26. The molecule has 20 heavy (non-hydrogen) atoms. The largest absolute Gasteiger partial charge is 0.491 e. The first-order chi connectivity index (χ1) is 9.63. The first-order valence-electron chi connectivity index (χ1n) is 6.98. The summed E-state index contributed by atoms with van der Waals surface area (Å²) in [5.41, 5.74) is 6.31. The van der Waals surface area contributed by atoms with Crippen LogP contribution < -0.4 is 15.8 Å². The van der Waals surface area contributed by atoms with Crippen LogP contribution in [-0.2, 0) is 4.79 Å². The van der Waals surface area contributed by atoms with Crippen molar-refractivity contribution in [2.75, 3.05) is 25.5 Å². The van der Waals surface area contributed by atoms with Gasteiger partial charge in [0.25, 0.3) is 0 Å². The second-order valence-corrected chi connectivity index (χ2v) is 4.92. The van der Waals surface area contributed by atoms with Crippen molar-refractivity contribution in [3.05, 3.63) is 24.3 Å². The topological polar surface area (TPSA) is 84.6 Å². The molecule has 0 spiro atoms. The van der Waals surface area contributed by atoms with E-state index in [9.17, 15) is 4.79 Å². The maximum absolute atomic E-state index is 11.6. The van der Waals surface area contributed by atoms with Gasteiger partial charge >= 0.3 is 0 Å². The third-order valence-electron chi connectivity index (χ3n) is 3.01. The summed E-state index contributed by atoms with van der Waals surface area (Å²) in [6, 6.07) is 7.22. The van der Waals surface area contributed by atoms with Crippen molar-refractivity contribution < 1.29 is 14.6 Å². The molecule has 0 fully saturated rings. The zero-order chi connectivity index (χ0) is 14.8. The lowest BCUT2D eigenvalue weighted by atomic mass is 10.1. The molecule has 0 aromatic heterocycles. The fraction of sp³-hybridized carbons (Fsp3) is 0.533. The number of aliphatic hydroxyl groups excluding tert-OH is 1. The molecule has 5 nitrogen and oxygen atoms in total. The van der Waals surface area contributed by atoms with Crippen LogP contribution in [0.5, 0.6) is 5.75 Å². The molecule has 0 aliphatic rings. The maximum atomic E-state index is 11.6. The highest BCUT2D eigenvalue weighted by Gasteiger charge is 2.04. The predicted molar refractivity (Wildman–Crippen MR) is 79.5 cm³/mol. The van der Waals surface area contributed by atoms with Crippen molar-refractivity contribution in [2.45, 2.75) is 26.2 Å². The molecule has 1 amide bonds. The van der Waals surface area contributed by atoms with Crippen LogP contribution in [-0.4, -0.2) is 30.8 Å². The van der Waals surface area contributed by atoms with Gasteiger partial charge in [-0.1, -0.05) is 19.1 Å². The third kappa shape index (κ3) is 6.43. The van der Waals surface area contributed by atoms with Gasteiger partial charge in [-0.3, -0.25) is 4.79 Å². The molecule has 1 aromatic rings. The van der Waals surface area contributed by atoms with Gasteiger partial charge in [0.2, 0.25) is 5.91 Å². The molecule has 0 bridgehead atoms. The minimum absolute atomic E-state index is 0.0313. The van der Waals surface area contributed by atoms with E-state index < -0.39 is 0 Å². The van der Waals surface area contributed by atoms with Gasteiger partial charge in [0.15, 0.2) is 0 Å². The minimum atomic E-state index is -0.0313. The molecule has 0 saturated carbocycles. The normalized spacial score (nSPS) is 11.9. The predicted octanol–water partition coefficient (Wildman–Crippen LogP) is 1.56. The Kier molecular flexibility index (Phi) is 7.50. The molecule has 0 aliphatic carbocycles. The number of amides is 1. The summed E-state index contributed by atoms with van der Waals surface area (Å²) in [5, 5.41) is 11.7. The van der Waals surface area contributed by atoms with Gasteiger partial charge in [0.1, 0.15) is 5.75 Å². The third-order valence-corrected chi connectivity index (χ3v) is 3.01. The zero-order valence-electron chi connectivity index (χ0n) is 12.0. The monoisotopic (exact) mass is 280 g/mol. The Bertz CT molecular complexity index is 410. The average Bonchev–Trinajstić information content (AvgIpc) is 2.45. The Morgan fingerprint density at radius 2 is 2.20 bits per heavy atom. The Morgan fingerprint density at radius 3 is 2.90 bits per heavy atom. The van der Waals surface area contributed by atoms with Crippen LogP contribution in [0.1, 0.15) is 26.2 Å². The van der Waals surface area contributed by atoms with Gasteiger partial charge < -0.3 is 20.9 Å². The summed E-state index contributed by atoms with van der Waals surface area (Å²) >= 11 is 0. The molecule has 0 radical (unpaired) electrons. The van der Waals surface area contributed by atoms with Crippen molar-refractivity contribution >= 4 is 11.6 Å². The second-order valence-electron chi connectivity index (χ2n) is 4.92. The van der Waals surface area contributed by atoms with Crippen LogP contribution in [0, 0.1) is 5.92 Å². The Labute approximate surface area is 120 Å². The molecule has 0 aliphatic heterocycles. The number of anilines is 1. The van der Waals surface area contributed by atoms with E-state index in [1.54, 1.807) is 12.1 Å². The summed E-state index contributed by atoms with van der Waals surface area (Å²) in [6.45, 7) is 3.13. The number of nitrogens with one attached hydrogen (secondary N) is 1. The van der Waals surface area contributed by atoms with E-state index >= 15 is 0 Å². The summed E-state index contributed by atoms with van der Waals surface area (Å²) in [5.74, 6) is 0.865. The van der Waals surface area contributed by atoms with Crippen LogP contribution in [0.15, 0.2) is 24.3 Å². The number of carbonyl (C=O) groups is 1. The number of hydrogen-bond acceptors (Lipinski definition) is 4. The van der Waals surface area contributed by atoms with Crippen molar-refractivity contribution in [3.63, 3.8) is 0 Å². The van der Waals surface area contributed by atoms with E-state index in [4.69, 9.17) is 15.6 Å². The number of carbonyl (C=O) groups excluding carboxylic acids is 1. The lowest BCUT2D eigenvalue weighted by molar-refractivity contribution is -0.121. The molecule has 5 heteroatoms. The highest BCUT2D eigenvalue weighted by atomic mass is 16.5. The smallest absolute Gasteiger partial charge is 0.223 e. The number of nitrogens with two attached hydrogens (primary N) is 1. The molecule has 1 aromatic carbocycles. The molecule has 1 rings (SSSR count). The fourth-order valence-corrected chi connectivity index (χ4v) is 1.72. The number of hydrogen-bond donors (Lipinski definition) is 3. The van der Waals surface area contributed by atoms with Crippen molar-refractivity contribution in [1.29, 1.82) is 0 Å². The van der Waals surface area contributed by atoms with E-state index in [1.165, 1.54) is 0 Å². The van der Waals surface area contributed by atoms with Crippen LogP contribution in [0.3, 0.4) is 0 Å². The zero-order valence-corrected chi connectivity index (χ0v) is 12.0. The van der Waals surface area contributed by atoms with Crippen molar-refractivity contribution in [2.24, 2.45) is 5.92 Å². The van der Waals surface area contributed by atoms with Crippen LogP contribution in [0.4, 0.5) is 5.69 Å². The fourth-order valence-electron chi connectivity index (χ4n) is 1.72. The molecular weight excluding hydrogens is 256 g/mol. The Balaban J connectivity index is 2.10. The van der Waals surface area contributed by atoms with Crippen LogP contribution in [0.25, 0.3) is 0 Å². The summed E-state index contributed by atoms with van der Waals surface area (Å²) in [7, 11) is 0. The second kappa shape index (κ2) is 9.20. The average molecular weight is 280 g/mol. The van der Waals surface area contributed by atoms with E-state index in [1.807, 2.05) is 19.1 Å². The van der Waals surface area contributed by atoms with Crippen molar-refractivity contribution in [3.8, 4) is 5.75 Å². The van der Waals surface area contributed by atoms with Gasteiger partial charge in [0.05, 0.1) is 18.7 Å². The van der Waals surface area contributed by atoms with Crippen LogP contribution >= 0.6 is 0 Å². The minimum Gasteiger partial charge on any atom is -0.491 e. The summed E-state index contributed by atoms with van der Waals surface area (Å²) in [6.07, 6.45) is 2.09. The number of ether oxygens (including phenoxy) is 1. The summed E-state index contributed by atoms with van der Waals surface area (Å²) < 4.78 is 5.45. The highest BCUT2D eigenvalue weighted by molar-refractivity contribution is 5.75.